The molecular weight excluding hydrogens is 344 g/mol. The Morgan fingerprint density at radius 3 is 2.70 bits per heavy atom. The van der Waals surface area contributed by atoms with Crippen LogP contribution >= 0.6 is 0 Å². The number of carbonyl (C=O) groups excluding carboxylic acids is 2. The number of primary amides is 1. The molecule has 0 spiro atoms. The van der Waals surface area contributed by atoms with Gasteiger partial charge in [-0.25, -0.2) is 0 Å². The summed E-state index contributed by atoms with van der Waals surface area (Å²) in [5, 5.41) is 3.71. The van der Waals surface area contributed by atoms with Gasteiger partial charge in [0.25, 0.3) is 0 Å². The third kappa shape index (κ3) is 5.88. The van der Waals surface area contributed by atoms with Crippen molar-refractivity contribution < 1.29 is 9.59 Å². The summed E-state index contributed by atoms with van der Waals surface area (Å²) >= 11 is 0. The van der Waals surface area contributed by atoms with E-state index >= 15 is 0 Å². The molecule has 1 aromatic heterocycles. The summed E-state index contributed by atoms with van der Waals surface area (Å²) in [5.74, 6) is -1.12. The predicted molar refractivity (Wildman–Crippen MR) is 108 cm³/mol. The molecule has 8 nitrogen and oxygen atoms in total. The molecule has 8 heteroatoms. The minimum Gasteiger partial charge on any atom is -0.370 e. The number of hydrogen-bond donors (Lipinski definition) is 5. The van der Waals surface area contributed by atoms with Crippen LogP contribution in [0.25, 0.3) is 17.0 Å². The summed E-state index contributed by atoms with van der Waals surface area (Å²) < 4.78 is 0. The zero-order chi connectivity index (χ0) is 19.8. The lowest BCUT2D eigenvalue weighted by Crippen LogP contribution is -2.45. The number of nitrogens with one attached hydrogen (secondary N) is 2. The Bertz CT molecular complexity index is 851. The number of fused-ring (bicyclic) bond motifs is 1. The SMILES string of the molecule is C[C@@H](CCCN=C(N)N)C(=O)NC(/C=C/c1c[nH]c2ccccc12)C(N)=O. The molecule has 144 valence electrons. The van der Waals surface area contributed by atoms with Crippen molar-refractivity contribution in [2.45, 2.75) is 25.8 Å². The van der Waals surface area contributed by atoms with Crippen LogP contribution in [-0.4, -0.2) is 35.3 Å². The average molecular weight is 370 g/mol. The van der Waals surface area contributed by atoms with Gasteiger partial charge in [0.15, 0.2) is 5.96 Å². The third-order valence-corrected chi connectivity index (χ3v) is 4.23. The quantitative estimate of drug-likeness (QED) is 0.252. The average Bonchev–Trinajstić information content (AvgIpc) is 3.04. The number of nitrogens with zero attached hydrogens (tertiary/aromatic N) is 1. The van der Waals surface area contributed by atoms with Gasteiger partial charge in [0.05, 0.1) is 0 Å². The van der Waals surface area contributed by atoms with Gasteiger partial charge in [-0.1, -0.05) is 37.3 Å². The number of benzene rings is 1. The topological polar surface area (TPSA) is 152 Å². The molecule has 1 unspecified atom stereocenters. The molecule has 0 aliphatic heterocycles. The molecule has 0 aliphatic rings. The normalized spacial score (nSPS) is 13.4. The maximum absolute atomic E-state index is 12.3. The molecular formula is C19H26N6O2. The van der Waals surface area contributed by atoms with Crippen molar-refractivity contribution in [3.05, 3.63) is 42.1 Å². The number of amides is 2. The van der Waals surface area contributed by atoms with E-state index in [1.54, 1.807) is 19.1 Å². The van der Waals surface area contributed by atoms with E-state index in [4.69, 9.17) is 17.2 Å². The van der Waals surface area contributed by atoms with Gasteiger partial charge < -0.3 is 27.5 Å². The van der Waals surface area contributed by atoms with Gasteiger partial charge in [0, 0.05) is 29.6 Å². The van der Waals surface area contributed by atoms with Crippen LogP contribution < -0.4 is 22.5 Å². The van der Waals surface area contributed by atoms with E-state index in [1.165, 1.54) is 0 Å². The molecule has 0 bridgehead atoms. The lowest BCUT2D eigenvalue weighted by atomic mass is 10.0. The number of hydrogen-bond acceptors (Lipinski definition) is 3. The summed E-state index contributed by atoms with van der Waals surface area (Å²) in [6, 6.07) is 6.93. The van der Waals surface area contributed by atoms with Gasteiger partial charge in [-0.05, 0) is 24.5 Å². The highest BCUT2D eigenvalue weighted by Crippen LogP contribution is 2.19. The van der Waals surface area contributed by atoms with Gasteiger partial charge in [-0.2, -0.15) is 0 Å². The van der Waals surface area contributed by atoms with E-state index in [1.807, 2.05) is 30.5 Å². The largest absolute Gasteiger partial charge is 0.370 e. The fourth-order valence-corrected chi connectivity index (χ4v) is 2.68. The van der Waals surface area contributed by atoms with Crippen molar-refractivity contribution in [1.82, 2.24) is 10.3 Å². The Morgan fingerprint density at radius 1 is 1.26 bits per heavy atom. The zero-order valence-electron chi connectivity index (χ0n) is 15.3. The Balaban J connectivity index is 1.97. The Kier molecular flexibility index (Phi) is 6.99. The van der Waals surface area contributed by atoms with Gasteiger partial charge in [0.1, 0.15) is 6.04 Å². The monoisotopic (exact) mass is 370 g/mol. The Morgan fingerprint density at radius 2 is 2.00 bits per heavy atom. The summed E-state index contributed by atoms with van der Waals surface area (Å²) in [7, 11) is 0. The number of guanidine groups is 1. The Hall–Kier alpha value is -3.29. The molecule has 2 aromatic rings. The molecule has 2 atom stereocenters. The fraction of sp³-hybridized carbons (Fsp3) is 0.316. The van der Waals surface area contributed by atoms with Gasteiger partial charge in [-0.15, -0.1) is 0 Å². The van der Waals surface area contributed by atoms with Gasteiger partial charge >= 0.3 is 0 Å². The second-order valence-electron chi connectivity index (χ2n) is 6.39. The van der Waals surface area contributed by atoms with E-state index in [9.17, 15) is 9.59 Å². The standard InChI is InChI=1S/C19H26N6O2/c1-12(5-4-10-23-19(21)22)18(27)25-16(17(20)26)9-8-13-11-24-15-7-3-2-6-14(13)15/h2-3,6-9,11-12,16,24H,4-5,10H2,1H3,(H2,20,26)(H,25,27)(H4,21,22,23)/b9-8+/t12-,16?/m0/s1. The molecule has 0 aliphatic carbocycles. The smallest absolute Gasteiger partial charge is 0.244 e. The van der Waals surface area contributed by atoms with Crippen LogP contribution in [0.3, 0.4) is 0 Å². The number of aliphatic imine (C=N–C) groups is 1. The van der Waals surface area contributed by atoms with Crippen molar-refractivity contribution in [3.63, 3.8) is 0 Å². The highest BCUT2D eigenvalue weighted by atomic mass is 16.2. The summed E-state index contributed by atoms with van der Waals surface area (Å²) in [6.07, 6.45) is 6.48. The molecule has 0 fully saturated rings. The van der Waals surface area contributed by atoms with Gasteiger partial charge in [-0.3, -0.25) is 14.6 Å². The highest BCUT2D eigenvalue weighted by molar-refractivity contribution is 5.92. The van der Waals surface area contributed by atoms with Crippen molar-refractivity contribution in [1.29, 1.82) is 0 Å². The van der Waals surface area contributed by atoms with Crippen LogP contribution in [0.4, 0.5) is 0 Å². The number of rotatable bonds is 9. The van der Waals surface area contributed by atoms with Crippen molar-refractivity contribution in [3.8, 4) is 0 Å². The minimum atomic E-state index is -0.883. The summed E-state index contributed by atoms with van der Waals surface area (Å²) in [5.41, 5.74) is 17.9. The lowest BCUT2D eigenvalue weighted by Gasteiger charge is -2.16. The lowest BCUT2D eigenvalue weighted by molar-refractivity contribution is -0.128. The van der Waals surface area contributed by atoms with E-state index < -0.39 is 11.9 Å². The van der Waals surface area contributed by atoms with Crippen molar-refractivity contribution >= 4 is 34.8 Å². The van der Waals surface area contributed by atoms with Crippen LogP contribution in [0.1, 0.15) is 25.3 Å². The number of aromatic amines is 1. The highest BCUT2D eigenvalue weighted by Gasteiger charge is 2.19. The third-order valence-electron chi connectivity index (χ3n) is 4.23. The number of para-hydroxylation sites is 1. The second-order valence-corrected chi connectivity index (χ2v) is 6.39. The molecule has 27 heavy (non-hydrogen) atoms. The molecule has 1 aromatic carbocycles. The van der Waals surface area contributed by atoms with Gasteiger partial charge in [0.2, 0.25) is 11.8 Å². The van der Waals surface area contributed by atoms with Crippen molar-refractivity contribution in [2.75, 3.05) is 6.54 Å². The van der Waals surface area contributed by atoms with Crippen LogP contribution in [0.2, 0.25) is 0 Å². The molecule has 0 saturated carbocycles. The maximum Gasteiger partial charge on any atom is 0.244 e. The number of aromatic nitrogens is 1. The predicted octanol–water partition coefficient (Wildman–Crippen LogP) is 0.841. The van der Waals surface area contributed by atoms with E-state index in [0.717, 1.165) is 16.5 Å². The molecule has 1 heterocycles. The van der Waals surface area contributed by atoms with Crippen LogP contribution in [-0.2, 0) is 9.59 Å². The van der Waals surface area contributed by atoms with E-state index in [2.05, 4.69) is 15.3 Å². The Labute approximate surface area is 157 Å². The summed E-state index contributed by atoms with van der Waals surface area (Å²) in [6.45, 7) is 2.24. The first-order valence-corrected chi connectivity index (χ1v) is 8.78. The van der Waals surface area contributed by atoms with E-state index in [0.29, 0.717) is 19.4 Å². The van der Waals surface area contributed by atoms with Crippen LogP contribution in [0.5, 0.6) is 0 Å². The van der Waals surface area contributed by atoms with Crippen LogP contribution in [0.15, 0.2) is 41.5 Å². The first-order chi connectivity index (χ1) is 12.9. The van der Waals surface area contributed by atoms with E-state index in [-0.39, 0.29) is 17.8 Å². The minimum absolute atomic E-state index is 0.0308. The fourth-order valence-electron chi connectivity index (χ4n) is 2.68. The van der Waals surface area contributed by atoms with Crippen LogP contribution in [0, 0.1) is 5.92 Å². The molecule has 0 radical (unpaired) electrons. The maximum atomic E-state index is 12.3. The number of H-pyrrole nitrogens is 1. The second kappa shape index (κ2) is 9.42. The zero-order valence-corrected chi connectivity index (χ0v) is 15.3. The van der Waals surface area contributed by atoms with Crippen molar-refractivity contribution in [2.24, 2.45) is 28.1 Å². The number of carbonyl (C=O) groups is 2. The molecule has 2 rings (SSSR count). The first-order valence-electron chi connectivity index (χ1n) is 8.78. The molecule has 0 saturated heterocycles. The first kappa shape index (κ1) is 20.0. The summed E-state index contributed by atoms with van der Waals surface area (Å²) in [4.78, 5) is 31.1. The molecule has 8 N–H and O–H groups in total. The number of nitrogens with two attached hydrogens (primary N) is 3. The molecule has 2 amide bonds.